The monoisotopic (exact) mass is 343 g/mol. The summed E-state index contributed by atoms with van der Waals surface area (Å²) in [6.07, 6.45) is 0. The normalized spacial score (nSPS) is 23.3. The van der Waals surface area contributed by atoms with Gasteiger partial charge in [0.25, 0.3) is 0 Å². The number of Topliss-reactive ketones (excluding diaryl/α,β-unsaturated/α-hetero) is 1. The molecular weight excluding hydrogens is 330 g/mol. The zero-order valence-corrected chi connectivity index (χ0v) is 12.7. The second kappa shape index (κ2) is 5.22. The van der Waals surface area contributed by atoms with Crippen molar-refractivity contribution in [1.82, 2.24) is 15.1 Å². The highest BCUT2D eigenvalue weighted by Gasteiger charge is 2.35. The first-order valence-electron chi connectivity index (χ1n) is 6.19. The van der Waals surface area contributed by atoms with Crippen LogP contribution in [0.25, 0.3) is 0 Å². The van der Waals surface area contributed by atoms with E-state index in [1.165, 1.54) is 11.3 Å². The van der Waals surface area contributed by atoms with Gasteiger partial charge >= 0.3 is 6.03 Å². The second-order valence-electron chi connectivity index (χ2n) is 4.80. The highest BCUT2D eigenvalue weighted by Crippen LogP contribution is 2.23. The average Bonchev–Trinajstić information content (AvgIpc) is 2.97. The van der Waals surface area contributed by atoms with Crippen LogP contribution in [0.4, 0.5) is 4.79 Å². The first-order valence-corrected chi connectivity index (χ1v) is 7.80. The lowest BCUT2D eigenvalue weighted by molar-refractivity contribution is 0.0842. The molecule has 3 heterocycles. The lowest BCUT2D eigenvalue weighted by atomic mass is 10.2. The largest absolute Gasteiger partial charge is 0.336 e. The Morgan fingerprint density at radius 3 is 3.05 bits per heavy atom. The van der Waals surface area contributed by atoms with E-state index >= 15 is 0 Å². The number of hydrogen-bond acceptors (Lipinski definition) is 4. The number of hydrogen-bond donors (Lipinski definition) is 1. The van der Waals surface area contributed by atoms with Gasteiger partial charge in [0.2, 0.25) is 0 Å². The summed E-state index contributed by atoms with van der Waals surface area (Å²) in [6.45, 7) is 3.37. The standard InChI is InChI=1S/C12H14BrN3O2S/c13-11-2-1-10(19-11)9(17)7-15-3-4-16-8(6-15)5-14-12(16)18/h1-2,8H,3-7H2,(H,14,18). The summed E-state index contributed by atoms with van der Waals surface area (Å²) in [4.78, 5) is 28.4. The van der Waals surface area contributed by atoms with Crippen LogP contribution in [0.2, 0.25) is 0 Å². The van der Waals surface area contributed by atoms with Crippen LogP contribution in [-0.2, 0) is 0 Å². The van der Waals surface area contributed by atoms with Crippen LogP contribution in [0.5, 0.6) is 0 Å². The van der Waals surface area contributed by atoms with Gasteiger partial charge < -0.3 is 10.2 Å². The maximum atomic E-state index is 12.1. The number of carbonyl (C=O) groups excluding carboxylic acids is 2. The van der Waals surface area contributed by atoms with E-state index in [1.54, 1.807) is 0 Å². The molecular formula is C12H14BrN3O2S. The van der Waals surface area contributed by atoms with Gasteiger partial charge in [0.05, 0.1) is 21.3 Å². The van der Waals surface area contributed by atoms with Crippen LogP contribution in [0.1, 0.15) is 9.67 Å². The molecule has 7 heteroatoms. The van der Waals surface area contributed by atoms with Gasteiger partial charge in [0.1, 0.15) is 0 Å². The van der Waals surface area contributed by atoms with E-state index in [-0.39, 0.29) is 17.9 Å². The summed E-state index contributed by atoms with van der Waals surface area (Å²) >= 11 is 4.84. The maximum Gasteiger partial charge on any atom is 0.317 e. The van der Waals surface area contributed by atoms with Crippen molar-refractivity contribution in [1.29, 1.82) is 0 Å². The third-order valence-corrected chi connectivity index (χ3v) is 5.20. The smallest absolute Gasteiger partial charge is 0.317 e. The number of urea groups is 1. The molecule has 2 aliphatic rings. The molecule has 1 atom stereocenters. The summed E-state index contributed by atoms with van der Waals surface area (Å²) in [7, 11) is 0. The molecule has 0 aromatic carbocycles. The van der Waals surface area contributed by atoms with Crippen molar-refractivity contribution in [2.24, 2.45) is 0 Å². The minimum atomic E-state index is 0.0261. The van der Waals surface area contributed by atoms with Gasteiger partial charge in [0, 0.05) is 26.2 Å². The molecule has 0 radical (unpaired) electrons. The van der Waals surface area contributed by atoms with E-state index in [4.69, 9.17) is 0 Å². The van der Waals surface area contributed by atoms with E-state index < -0.39 is 0 Å². The lowest BCUT2D eigenvalue weighted by Gasteiger charge is -2.35. The van der Waals surface area contributed by atoms with Gasteiger partial charge in [-0.1, -0.05) is 0 Å². The highest BCUT2D eigenvalue weighted by molar-refractivity contribution is 9.11. The summed E-state index contributed by atoms with van der Waals surface area (Å²) in [6, 6.07) is 3.99. The number of carbonyl (C=O) groups is 2. The fraction of sp³-hybridized carbons (Fsp3) is 0.500. The zero-order valence-electron chi connectivity index (χ0n) is 10.3. The van der Waals surface area contributed by atoms with Crippen molar-refractivity contribution in [3.8, 4) is 0 Å². The Bertz CT molecular complexity index is 519. The molecule has 0 spiro atoms. The number of halogens is 1. The van der Waals surface area contributed by atoms with Crippen LogP contribution >= 0.6 is 27.3 Å². The molecule has 19 heavy (non-hydrogen) atoms. The van der Waals surface area contributed by atoms with Crippen LogP contribution in [0, 0.1) is 0 Å². The number of nitrogens with one attached hydrogen (secondary N) is 1. The number of piperazine rings is 1. The third kappa shape index (κ3) is 2.68. The van der Waals surface area contributed by atoms with Crippen molar-refractivity contribution >= 4 is 39.1 Å². The molecule has 1 N–H and O–H groups in total. The van der Waals surface area contributed by atoms with Crippen LogP contribution < -0.4 is 5.32 Å². The fourth-order valence-electron chi connectivity index (χ4n) is 2.56. The van der Waals surface area contributed by atoms with Gasteiger partial charge in [-0.3, -0.25) is 9.69 Å². The van der Waals surface area contributed by atoms with Gasteiger partial charge in [-0.25, -0.2) is 4.79 Å². The minimum Gasteiger partial charge on any atom is -0.336 e. The van der Waals surface area contributed by atoms with E-state index in [2.05, 4.69) is 26.1 Å². The van der Waals surface area contributed by atoms with Crippen molar-refractivity contribution in [2.75, 3.05) is 32.7 Å². The van der Waals surface area contributed by atoms with Gasteiger partial charge in [-0.2, -0.15) is 0 Å². The molecule has 2 saturated heterocycles. The number of fused-ring (bicyclic) bond motifs is 1. The summed E-state index contributed by atoms with van der Waals surface area (Å²) in [5.74, 6) is 0.154. The molecule has 1 aromatic heterocycles. The van der Waals surface area contributed by atoms with Crippen molar-refractivity contribution in [3.63, 3.8) is 0 Å². The zero-order chi connectivity index (χ0) is 13.4. The number of amides is 2. The number of nitrogens with zero attached hydrogens (tertiary/aromatic N) is 2. The molecule has 2 fully saturated rings. The fourth-order valence-corrected chi connectivity index (χ4v) is 3.87. The predicted octanol–water partition coefficient (Wildman–Crippen LogP) is 1.40. The van der Waals surface area contributed by atoms with E-state index in [9.17, 15) is 9.59 Å². The van der Waals surface area contributed by atoms with E-state index in [0.717, 1.165) is 21.8 Å². The molecule has 2 amide bonds. The first-order chi connectivity index (χ1) is 9.13. The lowest BCUT2D eigenvalue weighted by Crippen LogP contribution is -2.53. The molecule has 0 aliphatic carbocycles. The van der Waals surface area contributed by atoms with Crippen LogP contribution in [0.15, 0.2) is 15.9 Å². The van der Waals surface area contributed by atoms with E-state index in [1.807, 2.05) is 17.0 Å². The van der Waals surface area contributed by atoms with Crippen LogP contribution in [-0.4, -0.2) is 60.4 Å². The third-order valence-electron chi connectivity index (χ3n) is 3.53. The SMILES string of the molecule is O=C(CN1CCN2C(=O)NCC2C1)c1ccc(Br)s1. The minimum absolute atomic E-state index is 0.0261. The predicted molar refractivity (Wildman–Crippen MR) is 76.7 cm³/mol. The number of ketones is 1. The van der Waals surface area contributed by atoms with Crippen molar-refractivity contribution in [3.05, 3.63) is 20.8 Å². The number of rotatable bonds is 3. The Morgan fingerprint density at radius 2 is 2.32 bits per heavy atom. The quantitative estimate of drug-likeness (QED) is 0.844. The Morgan fingerprint density at radius 1 is 1.47 bits per heavy atom. The molecule has 3 rings (SSSR count). The molecule has 102 valence electrons. The molecule has 5 nitrogen and oxygen atoms in total. The molecule has 1 unspecified atom stereocenters. The topological polar surface area (TPSA) is 52.7 Å². The van der Waals surface area contributed by atoms with Crippen LogP contribution in [0.3, 0.4) is 0 Å². The van der Waals surface area contributed by atoms with E-state index in [0.29, 0.717) is 19.6 Å². The van der Waals surface area contributed by atoms with Crippen molar-refractivity contribution in [2.45, 2.75) is 6.04 Å². The Kier molecular flexibility index (Phi) is 3.60. The maximum absolute atomic E-state index is 12.1. The van der Waals surface area contributed by atoms with Crippen molar-refractivity contribution < 1.29 is 9.59 Å². The highest BCUT2D eigenvalue weighted by atomic mass is 79.9. The molecule has 2 aliphatic heterocycles. The second-order valence-corrected chi connectivity index (χ2v) is 7.26. The Labute approximate surface area is 123 Å². The summed E-state index contributed by atoms with van der Waals surface area (Å²) in [5, 5.41) is 2.84. The molecule has 0 saturated carbocycles. The Hall–Kier alpha value is -0.920. The van der Waals surface area contributed by atoms with Gasteiger partial charge in [-0.05, 0) is 28.1 Å². The average molecular weight is 344 g/mol. The summed E-state index contributed by atoms with van der Waals surface area (Å²) < 4.78 is 0.978. The van der Waals surface area contributed by atoms with Gasteiger partial charge in [-0.15, -0.1) is 11.3 Å². The molecule has 1 aromatic rings. The molecule has 0 bridgehead atoms. The van der Waals surface area contributed by atoms with Gasteiger partial charge in [0.15, 0.2) is 5.78 Å². The number of thiophene rings is 1. The Balaban J connectivity index is 1.59. The first kappa shape index (κ1) is 13.1. The summed E-state index contributed by atoms with van der Waals surface area (Å²) in [5.41, 5.74) is 0.